The predicted molar refractivity (Wildman–Crippen MR) is 150 cm³/mol. The number of benzene rings is 1. The molecule has 1 aromatic rings. The van der Waals surface area contributed by atoms with Crippen molar-refractivity contribution >= 4 is 50.6 Å². The Morgan fingerprint density at radius 3 is 1.98 bits per heavy atom. The average molecular weight is 737 g/mol. The van der Waals surface area contributed by atoms with Crippen LogP contribution in [-0.2, 0) is 36.4 Å². The molecule has 46 heavy (non-hydrogen) atoms. The van der Waals surface area contributed by atoms with Crippen LogP contribution < -0.4 is 5.32 Å². The SMILES string of the molecule is CN1CCCC1CCNC(=O)[C@@H]1C[C@H](S)CN1C(=O)OCc1ccc([N+](=O)[O-])cc1.O=S(=O)(O)C(F)(F)F.O=S(=O)(O)C(F)(F)F. The van der Waals surface area contributed by atoms with Crippen molar-refractivity contribution in [3.05, 3.63) is 39.9 Å². The molecular weight excluding hydrogens is 706 g/mol. The van der Waals surface area contributed by atoms with Gasteiger partial charge in [-0.25, -0.2) is 4.79 Å². The number of amides is 2. The number of rotatable bonds is 7. The quantitative estimate of drug-likeness (QED) is 0.0795. The molecule has 0 spiro atoms. The number of likely N-dealkylation sites (tertiary alicyclic amines) is 2. The minimum Gasteiger partial charge on any atom is -0.445 e. The summed E-state index contributed by atoms with van der Waals surface area (Å²) in [6.07, 6.45) is 3.12. The molecular formula is C22H30F6N4O11S3. The summed E-state index contributed by atoms with van der Waals surface area (Å²) in [6.45, 7) is 1.99. The van der Waals surface area contributed by atoms with Gasteiger partial charge in [-0.15, -0.1) is 0 Å². The van der Waals surface area contributed by atoms with Crippen LogP contribution in [0.2, 0.25) is 0 Å². The van der Waals surface area contributed by atoms with Crippen molar-refractivity contribution < 1.29 is 71.5 Å². The monoisotopic (exact) mass is 736 g/mol. The number of thiol groups is 1. The van der Waals surface area contributed by atoms with Gasteiger partial charge in [-0.1, -0.05) is 0 Å². The van der Waals surface area contributed by atoms with Gasteiger partial charge < -0.3 is 15.0 Å². The lowest BCUT2D eigenvalue weighted by molar-refractivity contribution is -0.384. The highest BCUT2D eigenvalue weighted by molar-refractivity contribution is 7.86. The highest BCUT2D eigenvalue weighted by atomic mass is 32.2. The van der Waals surface area contributed by atoms with Gasteiger partial charge in [-0.05, 0) is 57.0 Å². The Balaban J connectivity index is 0.000000545. The number of nitro groups is 1. The summed E-state index contributed by atoms with van der Waals surface area (Å²) >= 11 is 4.44. The third-order valence-corrected chi connectivity index (χ3v) is 7.90. The first-order chi connectivity index (χ1) is 20.8. The summed E-state index contributed by atoms with van der Waals surface area (Å²) in [6, 6.07) is 5.70. The van der Waals surface area contributed by atoms with Crippen LogP contribution in [0.25, 0.3) is 0 Å². The molecule has 2 fully saturated rings. The van der Waals surface area contributed by atoms with Gasteiger partial charge in [0.05, 0.1) is 4.92 Å². The number of nitrogens with zero attached hydrogens (tertiary/aromatic N) is 3. The van der Waals surface area contributed by atoms with Crippen molar-refractivity contribution in [1.29, 1.82) is 0 Å². The van der Waals surface area contributed by atoms with Gasteiger partial charge in [0, 0.05) is 36.5 Å². The van der Waals surface area contributed by atoms with Crippen molar-refractivity contribution in [3.63, 3.8) is 0 Å². The second-order valence-corrected chi connectivity index (χ2v) is 13.3. The van der Waals surface area contributed by atoms with Gasteiger partial charge in [0.25, 0.3) is 5.69 Å². The first-order valence-electron chi connectivity index (χ1n) is 12.8. The molecule has 264 valence electrons. The van der Waals surface area contributed by atoms with Crippen molar-refractivity contribution in [2.45, 2.75) is 60.6 Å². The molecule has 0 saturated carbocycles. The molecule has 24 heteroatoms. The molecule has 2 aliphatic rings. The highest BCUT2D eigenvalue weighted by Gasteiger charge is 2.45. The van der Waals surface area contributed by atoms with Gasteiger partial charge in [0.1, 0.15) is 12.6 Å². The number of hydrogen-bond acceptors (Lipinski definition) is 11. The Kier molecular flexibility index (Phi) is 15.0. The lowest BCUT2D eigenvalue weighted by atomic mass is 10.1. The van der Waals surface area contributed by atoms with E-state index >= 15 is 0 Å². The third-order valence-electron chi connectivity index (χ3n) is 6.36. The van der Waals surface area contributed by atoms with Crippen LogP contribution >= 0.6 is 12.6 Å². The van der Waals surface area contributed by atoms with Crippen LogP contribution in [-0.4, -0.2) is 108 Å². The standard InChI is InChI=1S/C20H28N4O5S.2CHF3O3S/c1-22-10-2-3-15(22)8-9-21-19(25)18-11-17(30)12-23(18)20(26)29-13-14-4-6-16(7-5-14)24(27)28;2*2-1(3,4)8(5,6)7/h4-7,15,17-18,30H,2-3,8-13H2,1H3,(H,21,25);2*(H,5,6,7)/t15?,17-,18-;;/m0../s1. The maximum Gasteiger partial charge on any atom is 0.522 e. The zero-order valence-electron chi connectivity index (χ0n) is 23.6. The number of nitro benzene ring substituents is 1. The average Bonchev–Trinajstić information content (AvgIpc) is 3.51. The number of hydrogen-bond donors (Lipinski definition) is 4. The van der Waals surface area contributed by atoms with E-state index < -0.39 is 48.3 Å². The van der Waals surface area contributed by atoms with Gasteiger partial charge in [-0.3, -0.25) is 28.9 Å². The molecule has 0 aromatic heterocycles. The first kappa shape index (κ1) is 41.1. The van der Waals surface area contributed by atoms with E-state index in [-0.39, 0.29) is 23.5 Å². The topological polar surface area (TPSA) is 214 Å². The molecule has 15 nitrogen and oxygen atoms in total. The molecule has 0 bridgehead atoms. The summed E-state index contributed by atoms with van der Waals surface area (Å²) in [5.41, 5.74) is -10.5. The first-order valence-corrected chi connectivity index (χ1v) is 16.1. The Bertz CT molecular complexity index is 1370. The van der Waals surface area contributed by atoms with Crippen LogP contribution in [0.3, 0.4) is 0 Å². The van der Waals surface area contributed by atoms with Gasteiger partial charge in [0.15, 0.2) is 0 Å². The minimum absolute atomic E-state index is 0.0209. The Labute approximate surface area is 264 Å². The van der Waals surface area contributed by atoms with E-state index in [4.69, 9.17) is 30.7 Å². The molecule has 3 atom stereocenters. The maximum atomic E-state index is 12.7. The van der Waals surface area contributed by atoms with Gasteiger partial charge >= 0.3 is 37.3 Å². The van der Waals surface area contributed by atoms with E-state index in [1.54, 1.807) is 12.1 Å². The van der Waals surface area contributed by atoms with Gasteiger partial charge in [-0.2, -0.15) is 55.8 Å². The van der Waals surface area contributed by atoms with E-state index in [1.807, 2.05) is 0 Å². The van der Waals surface area contributed by atoms with Crippen LogP contribution in [0.15, 0.2) is 24.3 Å². The van der Waals surface area contributed by atoms with Crippen LogP contribution in [0, 0.1) is 10.1 Å². The lowest BCUT2D eigenvalue weighted by Gasteiger charge is -2.24. The van der Waals surface area contributed by atoms with Crippen molar-refractivity contribution in [3.8, 4) is 0 Å². The Hall–Kier alpha value is -2.93. The smallest absolute Gasteiger partial charge is 0.445 e. The Morgan fingerprint density at radius 1 is 1.07 bits per heavy atom. The van der Waals surface area contributed by atoms with Crippen LogP contribution in [0.5, 0.6) is 0 Å². The van der Waals surface area contributed by atoms with Crippen molar-refractivity contribution in [2.75, 3.05) is 26.7 Å². The zero-order valence-corrected chi connectivity index (χ0v) is 26.2. The van der Waals surface area contributed by atoms with E-state index in [1.165, 1.54) is 23.5 Å². The Morgan fingerprint density at radius 2 is 1.57 bits per heavy atom. The highest BCUT2D eigenvalue weighted by Crippen LogP contribution is 2.24. The molecule has 0 radical (unpaired) electrons. The van der Waals surface area contributed by atoms with Crippen LogP contribution in [0.1, 0.15) is 31.2 Å². The maximum absolute atomic E-state index is 12.7. The fraction of sp³-hybridized carbons (Fsp3) is 0.636. The van der Waals surface area contributed by atoms with Crippen molar-refractivity contribution in [2.24, 2.45) is 0 Å². The summed E-state index contributed by atoms with van der Waals surface area (Å²) < 4.78 is 120. The lowest BCUT2D eigenvalue weighted by Crippen LogP contribution is -2.46. The fourth-order valence-electron chi connectivity index (χ4n) is 4.03. The molecule has 0 aliphatic carbocycles. The number of non-ortho nitro benzene ring substituents is 1. The number of carbonyl (C=O) groups excluding carboxylic acids is 2. The van der Waals surface area contributed by atoms with Crippen molar-refractivity contribution in [1.82, 2.24) is 15.1 Å². The number of halogens is 6. The second kappa shape index (κ2) is 16.8. The summed E-state index contributed by atoms with van der Waals surface area (Å²) in [4.78, 5) is 39.2. The largest absolute Gasteiger partial charge is 0.522 e. The molecule has 3 rings (SSSR count). The summed E-state index contributed by atoms with van der Waals surface area (Å²) in [7, 11) is -9.58. The van der Waals surface area contributed by atoms with E-state index in [0.717, 1.165) is 19.4 Å². The molecule has 2 amide bonds. The minimum atomic E-state index is -5.84. The molecule has 1 unspecified atom stereocenters. The third kappa shape index (κ3) is 13.4. The normalized spacial score (nSPS) is 20.6. The number of alkyl halides is 6. The van der Waals surface area contributed by atoms with E-state index in [0.29, 0.717) is 31.1 Å². The predicted octanol–water partition coefficient (Wildman–Crippen LogP) is 2.99. The molecule has 3 N–H and O–H groups in total. The molecule has 2 heterocycles. The summed E-state index contributed by atoms with van der Waals surface area (Å²) in [5.74, 6) is -0.181. The fourth-order valence-corrected chi connectivity index (χ4v) is 4.41. The number of ether oxygens (including phenoxy) is 1. The molecule has 1 aromatic carbocycles. The van der Waals surface area contributed by atoms with E-state index in [2.05, 4.69) is 29.9 Å². The number of nitrogens with one attached hydrogen (secondary N) is 1. The van der Waals surface area contributed by atoms with Gasteiger partial charge in [0.2, 0.25) is 5.91 Å². The van der Waals surface area contributed by atoms with Crippen LogP contribution in [0.4, 0.5) is 36.8 Å². The molecule has 2 saturated heterocycles. The van der Waals surface area contributed by atoms with E-state index in [9.17, 15) is 46.0 Å². The zero-order chi connectivity index (χ0) is 35.7. The number of carbonyl (C=O) groups is 2. The molecule has 2 aliphatic heterocycles. The second-order valence-electron chi connectivity index (χ2n) is 9.73. The summed E-state index contributed by atoms with van der Waals surface area (Å²) in [5, 5.41) is 13.6.